The number of hydrogen-bond donors (Lipinski definition) is 3. The molecule has 86 valence electrons. The minimum atomic E-state index is -1.24. The summed E-state index contributed by atoms with van der Waals surface area (Å²) in [5.41, 5.74) is 4.65. The molecule has 0 spiro atoms. The van der Waals surface area contributed by atoms with Crippen LogP contribution in [0.25, 0.3) is 0 Å². The van der Waals surface area contributed by atoms with E-state index in [4.69, 9.17) is 10.9 Å². The molecular weight excluding hydrogens is 220 g/mol. The van der Waals surface area contributed by atoms with Crippen LogP contribution in [-0.2, 0) is 0 Å². The van der Waals surface area contributed by atoms with Crippen molar-refractivity contribution in [3.05, 3.63) is 35.4 Å². The van der Waals surface area contributed by atoms with Gasteiger partial charge in [-0.25, -0.2) is 8.78 Å². The fourth-order valence-corrected chi connectivity index (χ4v) is 0.981. The molecule has 5 nitrogen and oxygen atoms in total. The highest BCUT2D eigenvalue weighted by molar-refractivity contribution is 5.97. The van der Waals surface area contributed by atoms with Crippen molar-refractivity contribution in [3.63, 3.8) is 0 Å². The first-order chi connectivity index (χ1) is 7.56. The number of nitrogens with zero attached hydrogens (tertiary/aromatic N) is 1. The molecule has 0 aromatic heterocycles. The molecule has 1 rings (SSSR count). The molecule has 0 aliphatic carbocycles. The van der Waals surface area contributed by atoms with Crippen LogP contribution in [0.3, 0.4) is 0 Å². The number of benzene rings is 1. The van der Waals surface area contributed by atoms with Gasteiger partial charge in [-0.15, -0.1) is 0 Å². The highest BCUT2D eigenvalue weighted by Gasteiger charge is 2.14. The first-order valence-corrected chi connectivity index (χ1v) is 4.25. The zero-order valence-electron chi connectivity index (χ0n) is 8.08. The van der Waals surface area contributed by atoms with Gasteiger partial charge >= 0.3 is 0 Å². The molecule has 1 aromatic rings. The average Bonchev–Trinajstić information content (AvgIpc) is 2.29. The van der Waals surface area contributed by atoms with Gasteiger partial charge in [-0.2, -0.15) is 0 Å². The van der Waals surface area contributed by atoms with Gasteiger partial charge in [-0.05, 0) is 12.1 Å². The normalized spacial score (nSPS) is 11.2. The van der Waals surface area contributed by atoms with E-state index in [-0.39, 0.29) is 12.4 Å². The number of oxime groups is 1. The van der Waals surface area contributed by atoms with Gasteiger partial charge < -0.3 is 16.3 Å². The molecule has 1 aromatic carbocycles. The van der Waals surface area contributed by atoms with Crippen molar-refractivity contribution in [1.29, 1.82) is 0 Å². The van der Waals surface area contributed by atoms with Crippen molar-refractivity contribution >= 4 is 11.7 Å². The van der Waals surface area contributed by atoms with E-state index in [9.17, 15) is 13.6 Å². The Morgan fingerprint density at radius 2 is 2.19 bits per heavy atom. The standard InChI is InChI=1S/C9H9F2N3O2/c10-6-3-1-2-5(8(6)11)9(15)13-4-7(12)14-16/h1-3,16H,4H2,(H2,12,14)(H,13,15). The lowest BCUT2D eigenvalue weighted by atomic mass is 10.2. The molecule has 0 atom stereocenters. The summed E-state index contributed by atoms with van der Waals surface area (Å²) >= 11 is 0. The molecule has 16 heavy (non-hydrogen) atoms. The third-order valence-corrected chi connectivity index (χ3v) is 1.75. The number of hydrogen-bond acceptors (Lipinski definition) is 3. The van der Waals surface area contributed by atoms with E-state index >= 15 is 0 Å². The number of carbonyl (C=O) groups excluding carboxylic acids is 1. The van der Waals surface area contributed by atoms with Crippen LogP contribution in [0, 0.1) is 11.6 Å². The summed E-state index contributed by atoms with van der Waals surface area (Å²) in [5.74, 6) is -3.44. The number of halogens is 2. The Morgan fingerprint density at radius 3 is 2.81 bits per heavy atom. The SMILES string of the molecule is NC(CNC(=O)c1cccc(F)c1F)=NO. The van der Waals surface area contributed by atoms with Crippen LogP contribution in [0.4, 0.5) is 8.78 Å². The van der Waals surface area contributed by atoms with E-state index in [1.54, 1.807) is 0 Å². The second-order valence-corrected chi connectivity index (χ2v) is 2.88. The van der Waals surface area contributed by atoms with Crippen molar-refractivity contribution in [2.45, 2.75) is 0 Å². The summed E-state index contributed by atoms with van der Waals surface area (Å²) in [5, 5.41) is 13.0. The highest BCUT2D eigenvalue weighted by atomic mass is 19.2. The Bertz CT molecular complexity index is 435. The van der Waals surface area contributed by atoms with E-state index in [2.05, 4.69) is 10.5 Å². The van der Waals surface area contributed by atoms with Gasteiger partial charge in [-0.3, -0.25) is 4.79 Å². The lowest BCUT2D eigenvalue weighted by Crippen LogP contribution is -2.34. The average molecular weight is 229 g/mol. The predicted octanol–water partition coefficient (Wildman–Crippen LogP) is 0.441. The first kappa shape index (κ1) is 11.9. The van der Waals surface area contributed by atoms with Crippen molar-refractivity contribution in [3.8, 4) is 0 Å². The third-order valence-electron chi connectivity index (χ3n) is 1.75. The number of nitrogens with one attached hydrogen (secondary N) is 1. The monoisotopic (exact) mass is 229 g/mol. The summed E-state index contributed by atoms with van der Waals surface area (Å²) < 4.78 is 25.9. The number of rotatable bonds is 3. The first-order valence-electron chi connectivity index (χ1n) is 4.25. The van der Waals surface area contributed by atoms with Gasteiger partial charge in [0, 0.05) is 0 Å². The molecule has 1 amide bonds. The number of nitrogens with two attached hydrogens (primary N) is 1. The van der Waals surface area contributed by atoms with Crippen LogP contribution in [0.2, 0.25) is 0 Å². The second-order valence-electron chi connectivity index (χ2n) is 2.88. The Balaban J connectivity index is 2.78. The van der Waals surface area contributed by atoms with Crippen molar-refractivity contribution in [1.82, 2.24) is 5.32 Å². The third kappa shape index (κ3) is 2.66. The molecule has 0 aliphatic rings. The molecule has 0 saturated carbocycles. The van der Waals surface area contributed by atoms with Crippen LogP contribution in [0.1, 0.15) is 10.4 Å². The lowest BCUT2D eigenvalue weighted by molar-refractivity contribution is 0.0954. The molecular formula is C9H9F2N3O2. The number of amides is 1. The molecule has 0 radical (unpaired) electrons. The Kier molecular flexibility index (Phi) is 3.76. The van der Waals surface area contributed by atoms with E-state index in [1.165, 1.54) is 6.07 Å². The maximum atomic E-state index is 13.1. The Labute approximate surface area is 89.6 Å². The molecule has 0 heterocycles. The summed E-state index contributed by atoms with van der Waals surface area (Å²) in [6.45, 7) is -0.259. The van der Waals surface area contributed by atoms with Gasteiger partial charge in [0.2, 0.25) is 0 Å². The second kappa shape index (κ2) is 5.06. The molecule has 0 aliphatic heterocycles. The summed E-state index contributed by atoms with van der Waals surface area (Å²) in [7, 11) is 0. The van der Waals surface area contributed by atoms with Crippen LogP contribution >= 0.6 is 0 Å². The van der Waals surface area contributed by atoms with Gasteiger partial charge in [0.15, 0.2) is 17.5 Å². The molecule has 0 bridgehead atoms. The van der Waals surface area contributed by atoms with E-state index in [0.29, 0.717) is 0 Å². The van der Waals surface area contributed by atoms with Crippen LogP contribution in [-0.4, -0.2) is 23.5 Å². The molecule has 0 fully saturated rings. The zero-order chi connectivity index (χ0) is 12.1. The summed E-state index contributed by atoms with van der Waals surface area (Å²) in [6, 6.07) is 3.23. The summed E-state index contributed by atoms with van der Waals surface area (Å²) in [6.07, 6.45) is 0. The van der Waals surface area contributed by atoms with Gasteiger partial charge in [0.25, 0.3) is 5.91 Å². The highest BCUT2D eigenvalue weighted by Crippen LogP contribution is 2.10. The Hall–Kier alpha value is -2.18. The van der Waals surface area contributed by atoms with Gasteiger partial charge in [0.05, 0.1) is 12.1 Å². The van der Waals surface area contributed by atoms with Crippen molar-refractivity contribution in [2.75, 3.05) is 6.54 Å². The molecule has 0 saturated heterocycles. The predicted molar refractivity (Wildman–Crippen MR) is 52.1 cm³/mol. The van der Waals surface area contributed by atoms with Crippen LogP contribution < -0.4 is 11.1 Å². The lowest BCUT2D eigenvalue weighted by Gasteiger charge is -2.05. The Morgan fingerprint density at radius 1 is 1.50 bits per heavy atom. The van der Waals surface area contributed by atoms with Crippen LogP contribution in [0.15, 0.2) is 23.4 Å². The number of carbonyl (C=O) groups is 1. The summed E-state index contributed by atoms with van der Waals surface area (Å²) in [4.78, 5) is 11.3. The van der Waals surface area contributed by atoms with Crippen molar-refractivity contribution < 1.29 is 18.8 Å². The maximum Gasteiger partial charge on any atom is 0.254 e. The van der Waals surface area contributed by atoms with Crippen LogP contribution in [0.5, 0.6) is 0 Å². The van der Waals surface area contributed by atoms with Gasteiger partial charge in [-0.1, -0.05) is 11.2 Å². The van der Waals surface area contributed by atoms with Gasteiger partial charge in [0.1, 0.15) is 0 Å². The zero-order valence-corrected chi connectivity index (χ0v) is 8.08. The minimum absolute atomic E-state index is 0.245. The van der Waals surface area contributed by atoms with Crippen molar-refractivity contribution in [2.24, 2.45) is 10.9 Å². The fraction of sp³-hybridized carbons (Fsp3) is 0.111. The smallest absolute Gasteiger partial charge is 0.254 e. The quantitative estimate of drug-likeness (QED) is 0.304. The van der Waals surface area contributed by atoms with E-state index in [0.717, 1.165) is 12.1 Å². The molecule has 7 heteroatoms. The molecule has 0 unspecified atom stereocenters. The maximum absolute atomic E-state index is 13.1. The molecule has 4 N–H and O–H groups in total. The topological polar surface area (TPSA) is 87.7 Å². The largest absolute Gasteiger partial charge is 0.409 e. The van der Waals surface area contributed by atoms with E-state index in [1.807, 2.05) is 0 Å². The van der Waals surface area contributed by atoms with E-state index < -0.39 is 23.1 Å². The number of amidine groups is 1. The fourth-order valence-electron chi connectivity index (χ4n) is 0.981. The minimum Gasteiger partial charge on any atom is -0.409 e.